The van der Waals surface area contributed by atoms with Gasteiger partial charge in [-0.2, -0.15) is 0 Å². The Labute approximate surface area is 117 Å². The van der Waals surface area contributed by atoms with Gasteiger partial charge in [-0.1, -0.05) is 6.07 Å². The average molecular weight is 274 g/mol. The molecular weight excluding hydrogens is 256 g/mol. The highest BCUT2D eigenvalue weighted by atomic mass is 16.3. The predicted octanol–water partition coefficient (Wildman–Crippen LogP) is 1.22. The molecule has 0 atom stereocenters. The van der Waals surface area contributed by atoms with E-state index in [4.69, 9.17) is 10.3 Å². The molecule has 0 aliphatic heterocycles. The molecule has 0 saturated carbocycles. The Kier molecular flexibility index (Phi) is 4.49. The third-order valence-corrected chi connectivity index (χ3v) is 2.82. The highest BCUT2D eigenvalue weighted by Gasteiger charge is 2.09. The van der Waals surface area contributed by atoms with Gasteiger partial charge in [0.05, 0.1) is 12.2 Å². The second kappa shape index (κ2) is 6.31. The van der Waals surface area contributed by atoms with E-state index in [2.05, 4.69) is 15.3 Å². The number of rotatable bonds is 5. The highest BCUT2D eigenvalue weighted by molar-refractivity contribution is 5.91. The third-order valence-electron chi connectivity index (χ3n) is 2.82. The molecule has 0 fully saturated rings. The summed E-state index contributed by atoms with van der Waals surface area (Å²) >= 11 is 0. The predicted molar refractivity (Wildman–Crippen MR) is 74.5 cm³/mol. The van der Waals surface area contributed by atoms with Crippen LogP contribution in [0.3, 0.4) is 0 Å². The molecule has 2 heterocycles. The number of aromatic nitrogens is 1. The van der Waals surface area contributed by atoms with E-state index in [1.807, 2.05) is 32.2 Å². The van der Waals surface area contributed by atoms with Crippen LogP contribution in [0.25, 0.3) is 0 Å². The lowest BCUT2D eigenvalue weighted by Gasteiger charge is -2.14. The van der Waals surface area contributed by atoms with Gasteiger partial charge in [0, 0.05) is 6.54 Å². The zero-order valence-corrected chi connectivity index (χ0v) is 11.6. The maximum Gasteiger partial charge on any atom is 0.283 e. The summed E-state index contributed by atoms with van der Waals surface area (Å²) in [6, 6.07) is 9.18. The molecule has 0 saturated heterocycles. The van der Waals surface area contributed by atoms with Gasteiger partial charge in [-0.15, -0.1) is 0 Å². The van der Waals surface area contributed by atoms with Gasteiger partial charge in [0.25, 0.3) is 5.91 Å². The van der Waals surface area contributed by atoms with Gasteiger partial charge in [-0.05, 0) is 38.2 Å². The minimum atomic E-state index is -0.392. The molecule has 0 spiro atoms. The molecule has 106 valence electrons. The number of aryl methyl sites for hydroxylation is 1. The van der Waals surface area contributed by atoms with Gasteiger partial charge in [0.2, 0.25) is 0 Å². The number of nitrogens with zero attached hydrogens (tertiary/aromatic N) is 2. The molecule has 0 radical (unpaired) electrons. The van der Waals surface area contributed by atoms with Crippen LogP contribution in [0.4, 0.5) is 0 Å². The van der Waals surface area contributed by atoms with Crippen LogP contribution in [-0.4, -0.2) is 22.8 Å². The number of carbonyl (C=O) groups excluding carboxylic acids is 1. The van der Waals surface area contributed by atoms with E-state index in [9.17, 15) is 4.79 Å². The Morgan fingerprint density at radius 2 is 2.15 bits per heavy atom. The van der Waals surface area contributed by atoms with Gasteiger partial charge in [0.1, 0.15) is 17.2 Å². The summed E-state index contributed by atoms with van der Waals surface area (Å²) in [6.07, 6.45) is 0. The third kappa shape index (κ3) is 3.66. The van der Waals surface area contributed by atoms with Crippen molar-refractivity contribution in [3.8, 4) is 0 Å². The molecule has 0 bridgehead atoms. The van der Waals surface area contributed by atoms with Crippen LogP contribution < -0.4 is 11.3 Å². The topological polar surface area (TPSA) is 84.4 Å². The van der Waals surface area contributed by atoms with Gasteiger partial charge in [-0.3, -0.25) is 15.1 Å². The molecule has 2 rings (SSSR count). The van der Waals surface area contributed by atoms with Crippen molar-refractivity contribution >= 4 is 5.91 Å². The Balaban J connectivity index is 2.00. The largest absolute Gasteiger partial charge is 0.465 e. The second-order valence-electron chi connectivity index (χ2n) is 4.67. The van der Waals surface area contributed by atoms with Crippen LogP contribution in [0, 0.1) is 6.92 Å². The van der Waals surface area contributed by atoms with E-state index in [0.29, 0.717) is 18.8 Å². The first-order valence-corrected chi connectivity index (χ1v) is 6.29. The molecule has 1 amide bonds. The maximum absolute atomic E-state index is 11.4. The first-order chi connectivity index (χ1) is 9.58. The fourth-order valence-corrected chi connectivity index (χ4v) is 1.94. The number of carbonyl (C=O) groups is 1. The monoisotopic (exact) mass is 274 g/mol. The van der Waals surface area contributed by atoms with Crippen molar-refractivity contribution in [1.82, 2.24) is 15.3 Å². The minimum absolute atomic E-state index is 0.312. The number of hydrogen-bond donors (Lipinski definition) is 2. The van der Waals surface area contributed by atoms with Crippen molar-refractivity contribution in [2.24, 2.45) is 5.84 Å². The number of furan rings is 1. The van der Waals surface area contributed by atoms with Crippen molar-refractivity contribution < 1.29 is 9.21 Å². The smallest absolute Gasteiger partial charge is 0.283 e. The highest BCUT2D eigenvalue weighted by Crippen LogP contribution is 2.10. The molecule has 2 aromatic rings. The Morgan fingerprint density at radius 3 is 2.80 bits per heavy atom. The van der Waals surface area contributed by atoms with Crippen LogP contribution in [0.1, 0.15) is 27.7 Å². The maximum atomic E-state index is 11.4. The van der Waals surface area contributed by atoms with Crippen LogP contribution in [0.5, 0.6) is 0 Å². The minimum Gasteiger partial charge on any atom is -0.465 e. The number of hydrogen-bond acceptors (Lipinski definition) is 5. The van der Waals surface area contributed by atoms with Crippen molar-refractivity contribution in [2.45, 2.75) is 20.0 Å². The molecule has 0 aromatic carbocycles. The molecule has 0 unspecified atom stereocenters. The Bertz CT molecular complexity index is 594. The standard InChI is InChI=1S/C14H18N4O2/c1-10-6-7-12(20-10)9-18(2)8-11-4-3-5-13(16-11)14(19)17-15/h3-7H,8-9,15H2,1-2H3,(H,17,19). The number of nitrogen functional groups attached to an aromatic ring is 1. The van der Waals surface area contributed by atoms with Crippen LogP contribution >= 0.6 is 0 Å². The normalized spacial score (nSPS) is 10.8. The van der Waals surface area contributed by atoms with Gasteiger partial charge in [-0.25, -0.2) is 10.8 Å². The number of nitrogens with two attached hydrogens (primary N) is 1. The first-order valence-electron chi connectivity index (χ1n) is 6.29. The second-order valence-corrected chi connectivity index (χ2v) is 4.67. The average Bonchev–Trinajstić information content (AvgIpc) is 2.83. The summed E-state index contributed by atoms with van der Waals surface area (Å²) in [5.74, 6) is 6.51. The molecule has 6 heteroatoms. The molecule has 2 aromatic heterocycles. The summed E-state index contributed by atoms with van der Waals surface area (Å²) in [7, 11) is 1.97. The van der Waals surface area contributed by atoms with Crippen LogP contribution in [0.15, 0.2) is 34.7 Å². The van der Waals surface area contributed by atoms with Crippen LogP contribution in [-0.2, 0) is 13.1 Å². The lowest BCUT2D eigenvalue weighted by Crippen LogP contribution is -2.31. The summed E-state index contributed by atoms with van der Waals surface area (Å²) < 4.78 is 5.53. The van der Waals surface area contributed by atoms with Crippen molar-refractivity contribution in [3.63, 3.8) is 0 Å². The van der Waals surface area contributed by atoms with E-state index < -0.39 is 5.91 Å². The van der Waals surface area contributed by atoms with Crippen molar-refractivity contribution in [2.75, 3.05) is 7.05 Å². The SMILES string of the molecule is Cc1ccc(CN(C)Cc2cccc(C(=O)NN)n2)o1. The lowest BCUT2D eigenvalue weighted by atomic mass is 10.2. The molecule has 6 nitrogen and oxygen atoms in total. The van der Waals surface area contributed by atoms with E-state index in [1.165, 1.54) is 0 Å². The number of hydrazine groups is 1. The van der Waals surface area contributed by atoms with Gasteiger partial charge in [0.15, 0.2) is 0 Å². The molecule has 0 aliphatic carbocycles. The zero-order chi connectivity index (χ0) is 14.5. The van der Waals surface area contributed by atoms with Gasteiger partial charge >= 0.3 is 0 Å². The number of pyridine rings is 1. The fourth-order valence-electron chi connectivity index (χ4n) is 1.94. The molecule has 20 heavy (non-hydrogen) atoms. The van der Waals surface area contributed by atoms with E-state index in [-0.39, 0.29) is 0 Å². The van der Waals surface area contributed by atoms with E-state index in [0.717, 1.165) is 17.2 Å². The summed E-state index contributed by atoms with van der Waals surface area (Å²) in [5, 5.41) is 0. The first kappa shape index (κ1) is 14.2. The van der Waals surface area contributed by atoms with Crippen molar-refractivity contribution in [3.05, 3.63) is 53.2 Å². The number of nitrogens with one attached hydrogen (secondary N) is 1. The lowest BCUT2D eigenvalue weighted by molar-refractivity contribution is 0.0948. The molecule has 0 aliphatic rings. The fraction of sp³-hybridized carbons (Fsp3) is 0.286. The van der Waals surface area contributed by atoms with E-state index >= 15 is 0 Å². The van der Waals surface area contributed by atoms with Gasteiger partial charge < -0.3 is 4.42 Å². The van der Waals surface area contributed by atoms with E-state index in [1.54, 1.807) is 12.1 Å². The molecule has 3 N–H and O–H groups in total. The number of amides is 1. The van der Waals surface area contributed by atoms with Crippen molar-refractivity contribution in [1.29, 1.82) is 0 Å². The Morgan fingerprint density at radius 1 is 1.35 bits per heavy atom. The molecular formula is C14H18N4O2. The summed E-state index contributed by atoms with van der Waals surface area (Å²) in [5.41, 5.74) is 3.19. The zero-order valence-electron chi connectivity index (χ0n) is 11.6. The van der Waals surface area contributed by atoms with Crippen LogP contribution in [0.2, 0.25) is 0 Å². The quantitative estimate of drug-likeness (QED) is 0.486. The summed E-state index contributed by atoms with van der Waals surface area (Å²) in [4.78, 5) is 17.7. The summed E-state index contributed by atoms with van der Waals surface area (Å²) in [6.45, 7) is 3.22. The Hall–Kier alpha value is -2.18.